The average molecular weight is 226 g/mol. The summed E-state index contributed by atoms with van der Waals surface area (Å²) in [5.74, 6) is 0. The minimum Gasteiger partial charge on any atom is -0.381 e. The first kappa shape index (κ1) is 11.0. The van der Waals surface area contributed by atoms with Crippen LogP contribution in [0.2, 0.25) is 0 Å². The lowest BCUT2D eigenvalue weighted by molar-refractivity contribution is 0.151. The van der Waals surface area contributed by atoms with Gasteiger partial charge in [0.1, 0.15) is 0 Å². The Bertz CT molecular complexity index is 295. The Hall–Kier alpha value is -0.450. The largest absolute Gasteiger partial charge is 0.381 e. The van der Waals surface area contributed by atoms with E-state index in [1.54, 1.807) is 11.3 Å². The van der Waals surface area contributed by atoms with E-state index in [4.69, 9.17) is 4.74 Å². The molecule has 1 fully saturated rings. The summed E-state index contributed by atoms with van der Waals surface area (Å²) in [6.45, 7) is 4.75. The molecule has 0 spiro atoms. The molecule has 0 aliphatic carbocycles. The molecular weight excluding hydrogens is 208 g/mol. The highest BCUT2D eigenvalue weighted by Crippen LogP contribution is 2.24. The number of nitrogens with one attached hydrogen (secondary N) is 1. The third kappa shape index (κ3) is 3.00. The molecule has 4 heteroatoms. The van der Waals surface area contributed by atoms with Crippen LogP contribution in [0.3, 0.4) is 0 Å². The van der Waals surface area contributed by atoms with E-state index in [2.05, 4.69) is 15.7 Å². The number of hydrogen-bond donors (Lipinski definition) is 1. The average Bonchev–Trinajstić information content (AvgIpc) is 2.87. The minimum atomic E-state index is 0.502. The lowest BCUT2D eigenvalue weighted by Gasteiger charge is -2.04. The van der Waals surface area contributed by atoms with Crippen molar-refractivity contribution in [3.05, 3.63) is 16.1 Å². The van der Waals surface area contributed by atoms with Gasteiger partial charge in [-0.3, -0.25) is 0 Å². The molecule has 0 aromatic carbocycles. The van der Waals surface area contributed by atoms with Gasteiger partial charge in [0.2, 0.25) is 0 Å². The van der Waals surface area contributed by atoms with Gasteiger partial charge in [0.05, 0.1) is 23.4 Å². The number of thiazole rings is 1. The van der Waals surface area contributed by atoms with E-state index >= 15 is 0 Å². The van der Waals surface area contributed by atoms with Gasteiger partial charge in [-0.25, -0.2) is 4.98 Å². The summed E-state index contributed by atoms with van der Waals surface area (Å²) in [4.78, 5) is 4.64. The fourth-order valence-corrected chi connectivity index (χ4v) is 2.67. The Kier molecular flexibility index (Phi) is 4.11. The van der Waals surface area contributed by atoms with Gasteiger partial charge in [-0.1, -0.05) is 0 Å². The summed E-state index contributed by atoms with van der Waals surface area (Å²) in [5, 5.41) is 6.85. The van der Waals surface area contributed by atoms with Gasteiger partial charge in [-0.05, 0) is 26.3 Å². The van der Waals surface area contributed by atoms with Gasteiger partial charge >= 0.3 is 0 Å². The highest BCUT2D eigenvalue weighted by molar-refractivity contribution is 7.09. The van der Waals surface area contributed by atoms with E-state index in [0.29, 0.717) is 6.04 Å². The van der Waals surface area contributed by atoms with E-state index in [-0.39, 0.29) is 0 Å². The summed E-state index contributed by atoms with van der Waals surface area (Å²) < 4.78 is 5.32. The quantitative estimate of drug-likeness (QED) is 0.781. The lowest BCUT2D eigenvalue weighted by Crippen LogP contribution is -2.13. The smallest absolute Gasteiger partial charge is 0.0951 e. The maximum atomic E-state index is 5.32. The molecule has 1 atom stereocenters. The van der Waals surface area contributed by atoms with Gasteiger partial charge < -0.3 is 10.1 Å². The Labute approximate surface area is 94.9 Å². The zero-order chi connectivity index (χ0) is 10.5. The van der Waals surface area contributed by atoms with Gasteiger partial charge in [0, 0.05) is 18.4 Å². The van der Waals surface area contributed by atoms with Crippen LogP contribution in [0.1, 0.15) is 36.5 Å². The van der Waals surface area contributed by atoms with Crippen molar-refractivity contribution in [1.82, 2.24) is 10.3 Å². The molecule has 1 N–H and O–H groups in total. The standard InChI is InChI=1S/C11H18N2OS/c1-2-14-7-5-11-13-10(8-15-11)9-4-3-6-12-9/h8-9,12H,2-7H2,1H3/t9-/m1/s1. The first-order chi connectivity index (χ1) is 7.40. The molecule has 0 bridgehead atoms. The van der Waals surface area contributed by atoms with Crippen molar-refractivity contribution >= 4 is 11.3 Å². The highest BCUT2D eigenvalue weighted by atomic mass is 32.1. The first-order valence-corrected chi connectivity index (χ1v) is 6.53. The Morgan fingerprint density at radius 1 is 1.67 bits per heavy atom. The summed E-state index contributed by atoms with van der Waals surface area (Å²) in [6, 6.07) is 0.502. The van der Waals surface area contributed by atoms with Crippen molar-refractivity contribution in [3.8, 4) is 0 Å². The minimum absolute atomic E-state index is 0.502. The molecule has 1 saturated heterocycles. The van der Waals surface area contributed by atoms with Crippen LogP contribution in [0.4, 0.5) is 0 Å². The SMILES string of the molecule is CCOCCc1nc([C@H]2CCCN2)cs1. The van der Waals surface area contributed by atoms with Crippen molar-refractivity contribution in [2.24, 2.45) is 0 Å². The summed E-state index contributed by atoms with van der Waals surface area (Å²) in [7, 11) is 0. The topological polar surface area (TPSA) is 34.1 Å². The number of aromatic nitrogens is 1. The molecule has 0 amide bonds. The van der Waals surface area contributed by atoms with E-state index in [0.717, 1.165) is 26.2 Å². The molecule has 1 aromatic rings. The first-order valence-electron chi connectivity index (χ1n) is 5.65. The zero-order valence-corrected chi connectivity index (χ0v) is 9.98. The zero-order valence-electron chi connectivity index (χ0n) is 9.16. The van der Waals surface area contributed by atoms with E-state index in [9.17, 15) is 0 Å². The van der Waals surface area contributed by atoms with Gasteiger partial charge in [0.15, 0.2) is 0 Å². The third-order valence-corrected chi connectivity index (χ3v) is 3.58. The van der Waals surface area contributed by atoms with Crippen molar-refractivity contribution < 1.29 is 4.74 Å². The molecule has 15 heavy (non-hydrogen) atoms. The van der Waals surface area contributed by atoms with Crippen LogP contribution in [0.15, 0.2) is 5.38 Å². The molecule has 0 unspecified atom stereocenters. The second-order valence-corrected chi connectivity index (χ2v) is 4.70. The maximum Gasteiger partial charge on any atom is 0.0951 e. The van der Waals surface area contributed by atoms with Crippen LogP contribution >= 0.6 is 11.3 Å². The fourth-order valence-electron chi connectivity index (χ4n) is 1.84. The Balaban J connectivity index is 1.86. The Morgan fingerprint density at radius 3 is 3.33 bits per heavy atom. The van der Waals surface area contributed by atoms with Crippen LogP contribution in [0.25, 0.3) is 0 Å². The van der Waals surface area contributed by atoms with Crippen LogP contribution in [0.5, 0.6) is 0 Å². The fraction of sp³-hybridized carbons (Fsp3) is 0.727. The van der Waals surface area contributed by atoms with Crippen molar-refractivity contribution in [1.29, 1.82) is 0 Å². The highest BCUT2D eigenvalue weighted by Gasteiger charge is 2.18. The number of nitrogens with zero attached hydrogens (tertiary/aromatic N) is 1. The molecule has 84 valence electrons. The number of ether oxygens (including phenoxy) is 1. The number of rotatable bonds is 5. The summed E-state index contributed by atoms with van der Waals surface area (Å²) >= 11 is 1.76. The maximum absolute atomic E-state index is 5.32. The second-order valence-electron chi connectivity index (χ2n) is 3.76. The second kappa shape index (κ2) is 5.58. The molecule has 1 aliphatic heterocycles. The van der Waals surface area contributed by atoms with Gasteiger partial charge in [-0.15, -0.1) is 11.3 Å². The lowest BCUT2D eigenvalue weighted by atomic mass is 10.2. The number of hydrogen-bond acceptors (Lipinski definition) is 4. The molecular formula is C11H18N2OS. The van der Waals surface area contributed by atoms with Crippen LogP contribution < -0.4 is 5.32 Å². The molecule has 3 nitrogen and oxygen atoms in total. The van der Waals surface area contributed by atoms with Gasteiger partial charge in [0.25, 0.3) is 0 Å². The monoisotopic (exact) mass is 226 g/mol. The Morgan fingerprint density at radius 2 is 2.60 bits per heavy atom. The van der Waals surface area contributed by atoms with Crippen molar-refractivity contribution in [2.45, 2.75) is 32.2 Å². The normalized spacial score (nSPS) is 21.0. The molecule has 2 rings (SSSR count). The molecule has 1 aliphatic rings. The summed E-state index contributed by atoms with van der Waals surface area (Å²) in [6.07, 6.45) is 3.45. The van der Waals surface area contributed by atoms with E-state index in [1.807, 2.05) is 6.92 Å². The van der Waals surface area contributed by atoms with Crippen LogP contribution in [0, 0.1) is 0 Å². The molecule has 2 heterocycles. The summed E-state index contributed by atoms with van der Waals surface area (Å²) in [5.41, 5.74) is 1.23. The van der Waals surface area contributed by atoms with Crippen LogP contribution in [-0.2, 0) is 11.2 Å². The predicted octanol–water partition coefficient (Wildman–Crippen LogP) is 2.15. The van der Waals surface area contributed by atoms with E-state index < -0.39 is 0 Å². The predicted molar refractivity (Wildman–Crippen MR) is 62.3 cm³/mol. The van der Waals surface area contributed by atoms with E-state index in [1.165, 1.54) is 23.5 Å². The molecule has 0 radical (unpaired) electrons. The third-order valence-electron chi connectivity index (χ3n) is 2.65. The van der Waals surface area contributed by atoms with Crippen molar-refractivity contribution in [3.63, 3.8) is 0 Å². The van der Waals surface area contributed by atoms with Crippen LogP contribution in [-0.4, -0.2) is 24.7 Å². The van der Waals surface area contributed by atoms with Crippen molar-refractivity contribution in [2.75, 3.05) is 19.8 Å². The van der Waals surface area contributed by atoms with Gasteiger partial charge in [-0.2, -0.15) is 0 Å². The molecule has 0 saturated carbocycles. The molecule has 1 aromatic heterocycles.